The molecule has 2 aromatic rings. The average molecular weight is 363 g/mol. The van der Waals surface area contributed by atoms with Gasteiger partial charge in [-0.25, -0.2) is 0 Å². The Bertz CT molecular complexity index is 717. The van der Waals surface area contributed by atoms with Crippen molar-refractivity contribution >= 4 is 5.91 Å². The Morgan fingerprint density at radius 2 is 1.44 bits per heavy atom. The van der Waals surface area contributed by atoms with Crippen LogP contribution < -0.4 is 0 Å². The lowest BCUT2D eigenvalue weighted by Crippen LogP contribution is -2.50. The Hall–Kier alpha value is -2.13. The van der Waals surface area contributed by atoms with Crippen LogP contribution in [0.1, 0.15) is 42.7 Å². The van der Waals surface area contributed by atoms with Crippen LogP contribution in [-0.2, 0) is 11.3 Å². The van der Waals surface area contributed by atoms with Crippen molar-refractivity contribution in [3.63, 3.8) is 0 Å². The zero-order chi connectivity index (χ0) is 18.5. The minimum absolute atomic E-state index is 0.0503. The van der Waals surface area contributed by atoms with Gasteiger partial charge in [-0.2, -0.15) is 0 Å². The van der Waals surface area contributed by atoms with Crippen molar-refractivity contribution in [2.45, 2.75) is 38.1 Å². The predicted octanol–water partition coefficient (Wildman–Crippen LogP) is 4.30. The molecule has 0 spiro atoms. The van der Waals surface area contributed by atoms with Crippen LogP contribution in [0.15, 0.2) is 60.7 Å². The highest BCUT2D eigenvalue weighted by Crippen LogP contribution is 2.38. The fraction of sp³-hybridized carbons (Fsp3) is 0.458. The summed E-state index contributed by atoms with van der Waals surface area (Å²) in [6, 6.07) is 21.1. The molecule has 1 aliphatic carbocycles. The SMILES string of the molecule is O=C(C(c1ccccc1)C1CCCC1)N1CCN(Cc2ccccc2)CC1. The molecule has 2 aromatic carbocycles. The summed E-state index contributed by atoms with van der Waals surface area (Å²) in [5.41, 5.74) is 2.56. The molecule has 142 valence electrons. The van der Waals surface area contributed by atoms with E-state index in [-0.39, 0.29) is 5.92 Å². The molecule has 27 heavy (non-hydrogen) atoms. The molecule has 1 unspecified atom stereocenters. The van der Waals surface area contributed by atoms with Crippen LogP contribution in [0.2, 0.25) is 0 Å². The highest BCUT2D eigenvalue weighted by atomic mass is 16.2. The Kier molecular flexibility index (Phi) is 5.88. The van der Waals surface area contributed by atoms with Gasteiger partial charge in [-0.3, -0.25) is 9.69 Å². The Labute approximate surface area is 163 Å². The van der Waals surface area contributed by atoms with E-state index >= 15 is 0 Å². The van der Waals surface area contributed by atoms with Crippen molar-refractivity contribution < 1.29 is 4.79 Å². The first-order valence-corrected chi connectivity index (χ1v) is 10.4. The van der Waals surface area contributed by atoms with E-state index in [4.69, 9.17) is 0 Å². The predicted molar refractivity (Wildman–Crippen MR) is 109 cm³/mol. The lowest BCUT2D eigenvalue weighted by Gasteiger charge is -2.37. The monoisotopic (exact) mass is 362 g/mol. The van der Waals surface area contributed by atoms with Gasteiger partial charge in [-0.05, 0) is 29.9 Å². The summed E-state index contributed by atoms with van der Waals surface area (Å²) in [6.07, 6.45) is 4.93. The Morgan fingerprint density at radius 3 is 2.07 bits per heavy atom. The van der Waals surface area contributed by atoms with Crippen LogP contribution in [0.5, 0.6) is 0 Å². The van der Waals surface area contributed by atoms with Gasteiger partial charge < -0.3 is 4.90 Å². The summed E-state index contributed by atoms with van der Waals surface area (Å²) < 4.78 is 0. The summed E-state index contributed by atoms with van der Waals surface area (Å²) >= 11 is 0. The van der Waals surface area contributed by atoms with Gasteiger partial charge in [0, 0.05) is 32.7 Å². The second-order valence-corrected chi connectivity index (χ2v) is 8.02. The van der Waals surface area contributed by atoms with Crippen molar-refractivity contribution in [1.29, 1.82) is 0 Å². The molecule has 1 saturated carbocycles. The number of hydrogen-bond donors (Lipinski definition) is 0. The van der Waals surface area contributed by atoms with Gasteiger partial charge in [0.15, 0.2) is 0 Å². The van der Waals surface area contributed by atoms with Crippen LogP contribution in [0, 0.1) is 5.92 Å². The third-order valence-corrected chi connectivity index (χ3v) is 6.23. The number of benzene rings is 2. The van der Waals surface area contributed by atoms with E-state index in [2.05, 4.69) is 64.4 Å². The van der Waals surface area contributed by atoms with Crippen molar-refractivity contribution in [3.05, 3.63) is 71.8 Å². The first-order valence-electron chi connectivity index (χ1n) is 10.4. The van der Waals surface area contributed by atoms with E-state index in [1.165, 1.54) is 36.8 Å². The maximum absolute atomic E-state index is 13.5. The minimum atomic E-state index is 0.0503. The lowest BCUT2D eigenvalue weighted by atomic mass is 9.83. The number of rotatable bonds is 5. The van der Waals surface area contributed by atoms with Crippen molar-refractivity contribution in [3.8, 4) is 0 Å². The van der Waals surface area contributed by atoms with Crippen LogP contribution in [-0.4, -0.2) is 41.9 Å². The third-order valence-electron chi connectivity index (χ3n) is 6.23. The first-order chi connectivity index (χ1) is 13.3. The zero-order valence-corrected chi connectivity index (χ0v) is 16.1. The van der Waals surface area contributed by atoms with E-state index in [1.54, 1.807) is 0 Å². The highest BCUT2D eigenvalue weighted by molar-refractivity contribution is 5.84. The summed E-state index contributed by atoms with van der Waals surface area (Å²) in [4.78, 5) is 18.0. The number of carbonyl (C=O) groups is 1. The second-order valence-electron chi connectivity index (χ2n) is 8.02. The Morgan fingerprint density at radius 1 is 0.852 bits per heavy atom. The van der Waals surface area contributed by atoms with E-state index < -0.39 is 0 Å². The van der Waals surface area contributed by atoms with Crippen LogP contribution in [0.3, 0.4) is 0 Å². The molecule has 3 nitrogen and oxygen atoms in total. The van der Waals surface area contributed by atoms with Crippen molar-refractivity contribution in [1.82, 2.24) is 9.80 Å². The maximum atomic E-state index is 13.5. The maximum Gasteiger partial charge on any atom is 0.230 e. The molecule has 0 bridgehead atoms. The van der Waals surface area contributed by atoms with E-state index in [9.17, 15) is 4.79 Å². The third kappa shape index (κ3) is 4.41. The van der Waals surface area contributed by atoms with Gasteiger partial charge in [0.1, 0.15) is 0 Å². The molecule has 0 radical (unpaired) electrons. The molecule has 3 heteroatoms. The molecule has 1 amide bonds. The standard InChI is InChI=1S/C24H30N2O/c27-24(23(22-13-7-8-14-22)21-11-5-2-6-12-21)26-17-15-25(16-18-26)19-20-9-3-1-4-10-20/h1-6,9-12,22-23H,7-8,13-19H2. The number of carbonyl (C=O) groups excluding carboxylic acids is 1. The smallest absolute Gasteiger partial charge is 0.230 e. The highest BCUT2D eigenvalue weighted by Gasteiger charge is 2.35. The number of amides is 1. The largest absolute Gasteiger partial charge is 0.340 e. The van der Waals surface area contributed by atoms with E-state index in [0.717, 1.165) is 32.7 Å². The lowest BCUT2D eigenvalue weighted by molar-refractivity contribution is -0.136. The fourth-order valence-corrected chi connectivity index (χ4v) is 4.73. The van der Waals surface area contributed by atoms with E-state index in [0.29, 0.717) is 11.8 Å². The summed E-state index contributed by atoms with van der Waals surface area (Å²) in [5, 5.41) is 0. The molecular formula is C24H30N2O. The van der Waals surface area contributed by atoms with Crippen molar-refractivity contribution in [2.24, 2.45) is 5.92 Å². The number of hydrogen-bond acceptors (Lipinski definition) is 2. The molecule has 0 N–H and O–H groups in total. The van der Waals surface area contributed by atoms with Crippen molar-refractivity contribution in [2.75, 3.05) is 26.2 Å². The first kappa shape index (κ1) is 18.2. The molecule has 1 heterocycles. The van der Waals surface area contributed by atoms with Gasteiger partial charge in [-0.15, -0.1) is 0 Å². The average Bonchev–Trinajstić information content (AvgIpc) is 3.24. The molecule has 1 aliphatic heterocycles. The van der Waals surface area contributed by atoms with E-state index in [1.807, 2.05) is 6.07 Å². The van der Waals surface area contributed by atoms with Gasteiger partial charge in [0.25, 0.3) is 0 Å². The van der Waals surface area contributed by atoms with Crippen LogP contribution >= 0.6 is 0 Å². The summed E-state index contributed by atoms with van der Waals surface area (Å²) in [5.74, 6) is 0.920. The molecule has 2 aliphatic rings. The molecule has 2 fully saturated rings. The summed E-state index contributed by atoms with van der Waals surface area (Å²) in [6.45, 7) is 4.61. The molecule has 0 aromatic heterocycles. The van der Waals surface area contributed by atoms with Crippen LogP contribution in [0.4, 0.5) is 0 Å². The van der Waals surface area contributed by atoms with Gasteiger partial charge >= 0.3 is 0 Å². The molecular weight excluding hydrogens is 332 g/mol. The fourth-order valence-electron chi connectivity index (χ4n) is 4.73. The number of nitrogens with zero attached hydrogens (tertiary/aromatic N) is 2. The normalized spacial score (nSPS) is 19.9. The summed E-state index contributed by atoms with van der Waals surface area (Å²) in [7, 11) is 0. The van der Waals surface area contributed by atoms with Gasteiger partial charge in [0.05, 0.1) is 5.92 Å². The molecule has 1 saturated heterocycles. The topological polar surface area (TPSA) is 23.6 Å². The van der Waals surface area contributed by atoms with Crippen LogP contribution in [0.25, 0.3) is 0 Å². The zero-order valence-electron chi connectivity index (χ0n) is 16.1. The second kappa shape index (κ2) is 8.71. The minimum Gasteiger partial charge on any atom is -0.340 e. The van der Waals surface area contributed by atoms with Gasteiger partial charge in [-0.1, -0.05) is 73.5 Å². The van der Waals surface area contributed by atoms with Gasteiger partial charge in [0.2, 0.25) is 5.91 Å². The quantitative estimate of drug-likeness (QED) is 0.791. The molecule has 1 atom stereocenters. The number of piperazine rings is 1. The Balaban J connectivity index is 1.40. The molecule has 4 rings (SSSR count).